The van der Waals surface area contributed by atoms with Crippen LogP contribution in [0.25, 0.3) is 0 Å². The van der Waals surface area contributed by atoms with Crippen molar-refractivity contribution in [3.05, 3.63) is 28.7 Å². The van der Waals surface area contributed by atoms with Crippen LogP contribution in [0.3, 0.4) is 0 Å². The first-order valence-corrected chi connectivity index (χ1v) is 7.76. The maximum atomic E-state index is 12.3. The van der Waals surface area contributed by atoms with Crippen molar-refractivity contribution in [2.45, 2.75) is 32.7 Å². The van der Waals surface area contributed by atoms with Gasteiger partial charge in [0, 0.05) is 16.1 Å². The third-order valence-corrected chi connectivity index (χ3v) is 4.45. The van der Waals surface area contributed by atoms with Crippen molar-refractivity contribution in [1.29, 1.82) is 0 Å². The summed E-state index contributed by atoms with van der Waals surface area (Å²) in [5.74, 6) is 0.845. The summed E-state index contributed by atoms with van der Waals surface area (Å²) in [4.78, 5) is 13.7. The van der Waals surface area contributed by atoms with E-state index in [4.69, 9.17) is 0 Å². The number of benzene rings is 1. The molecular formula is C15H22BrN2O+. The fourth-order valence-corrected chi connectivity index (χ4v) is 2.96. The molecule has 104 valence electrons. The van der Waals surface area contributed by atoms with E-state index in [1.165, 1.54) is 17.7 Å². The molecule has 1 fully saturated rings. The van der Waals surface area contributed by atoms with Crippen LogP contribution in [-0.4, -0.2) is 25.0 Å². The Bertz CT molecular complexity index is 432. The second-order valence-electron chi connectivity index (χ2n) is 5.58. The van der Waals surface area contributed by atoms with Crippen LogP contribution < -0.4 is 10.2 Å². The van der Waals surface area contributed by atoms with Crippen molar-refractivity contribution in [3.8, 4) is 0 Å². The highest BCUT2D eigenvalue weighted by Crippen LogP contribution is 2.14. The van der Waals surface area contributed by atoms with Crippen molar-refractivity contribution in [1.82, 2.24) is 0 Å². The molecule has 0 saturated carbocycles. The minimum atomic E-state index is 0.0198. The average Bonchev–Trinajstić information content (AvgIpc) is 2.40. The Kier molecular flexibility index (Phi) is 4.99. The number of amides is 1. The summed E-state index contributed by atoms with van der Waals surface area (Å²) in [6, 6.07) is 7.74. The Balaban J connectivity index is 1.93. The number of halogens is 1. The number of hydrogen-bond acceptors (Lipinski definition) is 1. The molecule has 1 aromatic rings. The molecule has 3 atom stereocenters. The van der Waals surface area contributed by atoms with Gasteiger partial charge in [0.1, 0.15) is 0 Å². The van der Waals surface area contributed by atoms with E-state index < -0.39 is 0 Å². The number of piperidine rings is 1. The smallest absolute Gasteiger partial charge is 0.282 e. The normalized spacial score (nSPS) is 24.8. The minimum Gasteiger partial charge on any atom is -0.325 e. The number of likely N-dealkylation sites (tertiary alicyclic amines) is 1. The third kappa shape index (κ3) is 4.05. The van der Waals surface area contributed by atoms with Crippen LogP contribution in [0.1, 0.15) is 26.7 Å². The zero-order valence-electron chi connectivity index (χ0n) is 11.6. The SMILES string of the molecule is C[C@H]1CCC[NH+]([C@@H](C)C(=O)Nc2ccc(Br)cc2)C1. The zero-order chi connectivity index (χ0) is 13.8. The van der Waals surface area contributed by atoms with Crippen molar-refractivity contribution in [2.24, 2.45) is 5.92 Å². The van der Waals surface area contributed by atoms with E-state index in [-0.39, 0.29) is 11.9 Å². The summed E-state index contributed by atoms with van der Waals surface area (Å²) in [5, 5.41) is 3.00. The highest BCUT2D eigenvalue weighted by molar-refractivity contribution is 9.10. The lowest BCUT2D eigenvalue weighted by molar-refractivity contribution is -0.922. The lowest BCUT2D eigenvalue weighted by Gasteiger charge is -2.31. The molecule has 2 N–H and O–H groups in total. The van der Waals surface area contributed by atoms with Gasteiger partial charge in [0.25, 0.3) is 5.91 Å². The van der Waals surface area contributed by atoms with E-state index in [0.717, 1.165) is 29.2 Å². The number of quaternary nitrogens is 1. The van der Waals surface area contributed by atoms with Gasteiger partial charge < -0.3 is 10.2 Å². The van der Waals surface area contributed by atoms with Gasteiger partial charge in [-0.3, -0.25) is 4.79 Å². The summed E-state index contributed by atoms with van der Waals surface area (Å²) in [6.45, 7) is 6.52. The van der Waals surface area contributed by atoms with E-state index in [9.17, 15) is 4.79 Å². The lowest BCUT2D eigenvalue weighted by atomic mass is 9.99. The molecule has 0 spiro atoms. The molecule has 0 radical (unpaired) electrons. The molecule has 1 saturated heterocycles. The van der Waals surface area contributed by atoms with Gasteiger partial charge in [0.05, 0.1) is 13.1 Å². The van der Waals surface area contributed by atoms with E-state index in [1.807, 2.05) is 31.2 Å². The summed E-state index contributed by atoms with van der Waals surface area (Å²) in [6.07, 6.45) is 2.52. The topological polar surface area (TPSA) is 33.5 Å². The molecule has 19 heavy (non-hydrogen) atoms. The van der Waals surface area contributed by atoms with Crippen molar-refractivity contribution >= 4 is 27.5 Å². The second-order valence-corrected chi connectivity index (χ2v) is 6.49. The summed E-state index contributed by atoms with van der Waals surface area (Å²) in [7, 11) is 0. The monoisotopic (exact) mass is 325 g/mol. The lowest BCUT2D eigenvalue weighted by Crippen LogP contribution is -3.17. The predicted molar refractivity (Wildman–Crippen MR) is 81.3 cm³/mol. The van der Waals surface area contributed by atoms with Gasteiger partial charge in [-0.1, -0.05) is 22.9 Å². The Morgan fingerprint density at radius 1 is 1.42 bits per heavy atom. The number of hydrogen-bond donors (Lipinski definition) is 2. The molecular weight excluding hydrogens is 304 g/mol. The quantitative estimate of drug-likeness (QED) is 0.876. The minimum absolute atomic E-state index is 0.0198. The Morgan fingerprint density at radius 2 is 2.11 bits per heavy atom. The highest BCUT2D eigenvalue weighted by Gasteiger charge is 2.29. The van der Waals surface area contributed by atoms with Crippen LogP contribution in [0.15, 0.2) is 28.7 Å². The standard InChI is InChI=1S/C15H21BrN2O/c1-11-4-3-9-18(10-11)12(2)15(19)17-14-7-5-13(16)6-8-14/h5-8,11-12H,3-4,9-10H2,1-2H3,(H,17,19)/p+1/t11-,12-/m0/s1. The molecule has 4 heteroatoms. The van der Waals surface area contributed by atoms with Crippen LogP contribution in [0.2, 0.25) is 0 Å². The Labute approximate surface area is 123 Å². The van der Waals surface area contributed by atoms with Gasteiger partial charge >= 0.3 is 0 Å². The van der Waals surface area contributed by atoms with E-state index in [0.29, 0.717) is 0 Å². The van der Waals surface area contributed by atoms with Gasteiger partial charge in [-0.15, -0.1) is 0 Å². The molecule has 1 heterocycles. The largest absolute Gasteiger partial charge is 0.325 e. The van der Waals surface area contributed by atoms with Crippen molar-refractivity contribution < 1.29 is 9.69 Å². The molecule has 1 aliphatic heterocycles. The highest BCUT2D eigenvalue weighted by atomic mass is 79.9. The van der Waals surface area contributed by atoms with E-state index >= 15 is 0 Å². The first kappa shape index (κ1) is 14.5. The van der Waals surface area contributed by atoms with Gasteiger partial charge in [-0.05, 0) is 44.0 Å². The molecule has 1 aliphatic rings. The maximum absolute atomic E-state index is 12.3. The molecule has 1 amide bonds. The number of carbonyl (C=O) groups excluding carboxylic acids is 1. The molecule has 0 aromatic heterocycles. The van der Waals surface area contributed by atoms with Gasteiger partial charge in [-0.2, -0.15) is 0 Å². The van der Waals surface area contributed by atoms with Gasteiger partial charge in [0.2, 0.25) is 0 Å². The zero-order valence-corrected chi connectivity index (χ0v) is 13.2. The summed E-state index contributed by atoms with van der Waals surface area (Å²) in [5.41, 5.74) is 0.865. The molecule has 0 aliphatic carbocycles. The fourth-order valence-electron chi connectivity index (χ4n) is 2.69. The van der Waals surface area contributed by atoms with E-state index in [2.05, 4.69) is 28.2 Å². The summed E-state index contributed by atoms with van der Waals surface area (Å²) >= 11 is 3.39. The molecule has 1 unspecified atom stereocenters. The molecule has 2 rings (SSSR count). The molecule has 3 nitrogen and oxygen atoms in total. The number of nitrogens with one attached hydrogen (secondary N) is 2. The Morgan fingerprint density at radius 3 is 2.74 bits per heavy atom. The molecule has 0 bridgehead atoms. The first-order chi connectivity index (χ1) is 9.06. The second kappa shape index (κ2) is 6.53. The van der Waals surface area contributed by atoms with Crippen molar-refractivity contribution in [3.63, 3.8) is 0 Å². The van der Waals surface area contributed by atoms with Gasteiger partial charge in [-0.25, -0.2) is 0 Å². The van der Waals surface area contributed by atoms with Crippen LogP contribution in [0.5, 0.6) is 0 Å². The average molecular weight is 326 g/mol. The van der Waals surface area contributed by atoms with Crippen LogP contribution in [0.4, 0.5) is 5.69 Å². The molecule has 1 aromatic carbocycles. The first-order valence-electron chi connectivity index (χ1n) is 6.97. The van der Waals surface area contributed by atoms with E-state index in [1.54, 1.807) is 0 Å². The third-order valence-electron chi connectivity index (χ3n) is 3.92. The number of rotatable bonds is 3. The predicted octanol–water partition coefficient (Wildman–Crippen LogP) is 2.09. The fraction of sp³-hybridized carbons (Fsp3) is 0.533. The number of carbonyl (C=O) groups is 1. The number of anilines is 1. The van der Waals surface area contributed by atoms with Crippen molar-refractivity contribution in [2.75, 3.05) is 18.4 Å². The van der Waals surface area contributed by atoms with Crippen LogP contribution in [-0.2, 0) is 4.79 Å². The van der Waals surface area contributed by atoms with Crippen LogP contribution >= 0.6 is 15.9 Å². The maximum Gasteiger partial charge on any atom is 0.282 e. The Hall–Kier alpha value is -0.870. The van der Waals surface area contributed by atoms with Gasteiger partial charge in [0.15, 0.2) is 6.04 Å². The summed E-state index contributed by atoms with van der Waals surface area (Å²) < 4.78 is 1.02. The van der Waals surface area contributed by atoms with Crippen LogP contribution in [0, 0.1) is 5.92 Å².